The van der Waals surface area contributed by atoms with Crippen molar-refractivity contribution in [2.75, 3.05) is 13.2 Å². The number of rotatable bonds is 2. The molecule has 0 N–H and O–H groups in total. The van der Waals surface area contributed by atoms with Crippen molar-refractivity contribution in [2.45, 2.75) is 70.1 Å². The van der Waals surface area contributed by atoms with Gasteiger partial charge in [0.25, 0.3) is 5.79 Å². The van der Waals surface area contributed by atoms with Gasteiger partial charge in [0.1, 0.15) is 12.7 Å². The summed E-state index contributed by atoms with van der Waals surface area (Å²) in [5.74, 6) is -3.09. The van der Waals surface area contributed by atoms with E-state index < -0.39 is 23.5 Å². The fourth-order valence-corrected chi connectivity index (χ4v) is 3.02. The maximum atomic E-state index is 12.7. The van der Waals surface area contributed by atoms with Crippen molar-refractivity contribution in [3.63, 3.8) is 0 Å². The lowest BCUT2D eigenvalue weighted by Gasteiger charge is -2.35. The van der Waals surface area contributed by atoms with Crippen LogP contribution in [-0.4, -0.2) is 48.6 Å². The van der Waals surface area contributed by atoms with Crippen LogP contribution in [-0.2, 0) is 28.5 Å². The van der Waals surface area contributed by atoms with Crippen molar-refractivity contribution < 1.29 is 28.5 Å². The molecular weight excluding hydrogens is 264 g/mol. The van der Waals surface area contributed by atoms with Crippen LogP contribution in [0.15, 0.2) is 0 Å². The maximum Gasteiger partial charge on any atom is 0.258 e. The van der Waals surface area contributed by atoms with Gasteiger partial charge in [0.05, 0.1) is 6.61 Å². The molecule has 0 aliphatic carbocycles. The summed E-state index contributed by atoms with van der Waals surface area (Å²) in [5.41, 5.74) is 0. The molecule has 3 fully saturated rings. The zero-order chi connectivity index (χ0) is 14.6. The molecule has 0 aromatic carbocycles. The molecule has 3 saturated heterocycles. The number of carbonyl (C=O) groups is 1. The molecule has 3 unspecified atom stereocenters. The smallest absolute Gasteiger partial charge is 0.258 e. The molecule has 0 aromatic rings. The van der Waals surface area contributed by atoms with Crippen LogP contribution < -0.4 is 0 Å². The van der Waals surface area contributed by atoms with Gasteiger partial charge in [-0.25, -0.2) is 0 Å². The van der Waals surface area contributed by atoms with E-state index in [0.717, 1.165) is 0 Å². The highest BCUT2D eigenvalue weighted by molar-refractivity contribution is 5.92. The Morgan fingerprint density at radius 3 is 2.40 bits per heavy atom. The third kappa shape index (κ3) is 2.02. The standard InChI is InChI=1S/C14H22O6/c1-5-13(6-2)18-9-7-16-14(11(15)10(9)19-13)8-17-12(3,4)20-14/h9-10H,5-8H2,1-4H3. The number of fused-ring (bicyclic) bond motifs is 1. The highest BCUT2D eigenvalue weighted by Gasteiger charge is 2.63. The highest BCUT2D eigenvalue weighted by atomic mass is 16.8. The minimum absolute atomic E-state index is 0.0939. The second kappa shape index (κ2) is 4.48. The highest BCUT2D eigenvalue weighted by Crippen LogP contribution is 2.43. The molecule has 3 aliphatic heterocycles. The molecule has 3 aliphatic rings. The zero-order valence-electron chi connectivity index (χ0n) is 12.4. The lowest BCUT2D eigenvalue weighted by molar-refractivity contribution is -0.263. The number of Topliss-reactive ketones (excluding diaryl/α,β-unsaturated/α-hetero) is 1. The van der Waals surface area contributed by atoms with Gasteiger partial charge in [0.15, 0.2) is 17.7 Å². The SMILES string of the molecule is CCC1(CC)OC2COC3(COC(C)(C)O3)C(=O)C2O1. The Balaban J connectivity index is 1.82. The van der Waals surface area contributed by atoms with Crippen molar-refractivity contribution in [3.05, 3.63) is 0 Å². The first-order valence-corrected chi connectivity index (χ1v) is 7.23. The van der Waals surface area contributed by atoms with Gasteiger partial charge in [0, 0.05) is 0 Å². The molecule has 0 bridgehead atoms. The number of ketones is 1. The fraction of sp³-hybridized carbons (Fsp3) is 0.929. The van der Waals surface area contributed by atoms with Crippen LogP contribution in [0.5, 0.6) is 0 Å². The minimum Gasteiger partial charge on any atom is -0.344 e. The number of ether oxygens (including phenoxy) is 5. The van der Waals surface area contributed by atoms with Gasteiger partial charge >= 0.3 is 0 Å². The van der Waals surface area contributed by atoms with Gasteiger partial charge in [-0.2, -0.15) is 0 Å². The van der Waals surface area contributed by atoms with E-state index in [1.54, 1.807) is 13.8 Å². The molecule has 3 heterocycles. The molecule has 0 saturated carbocycles. The van der Waals surface area contributed by atoms with Crippen molar-refractivity contribution >= 4 is 5.78 Å². The third-order valence-electron chi connectivity index (χ3n) is 4.26. The summed E-state index contributed by atoms with van der Waals surface area (Å²) in [7, 11) is 0. The fourth-order valence-electron chi connectivity index (χ4n) is 3.02. The first-order valence-electron chi connectivity index (χ1n) is 7.23. The summed E-state index contributed by atoms with van der Waals surface area (Å²) < 4.78 is 28.7. The van der Waals surface area contributed by atoms with Gasteiger partial charge in [-0.1, -0.05) is 13.8 Å². The third-order valence-corrected chi connectivity index (χ3v) is 4.26. The van der Waals surface area contributed by atoms with Crippen molar-refractivity contribution in [1.82, 2.24) is 0 Å². The van der Waals surface area contributed by atoms with Crippen LogP contribution in [0.1, 0.15) is 40.5 Å². The monoisotopic (exact) mass is 286 g/mol. The quantitative estimate of drug-likeness (QED) is 0.764. The summed E-state index contributed by atoms with van der Waals surface area (Å²) in [6, 6.07) is 0. The Kier molecular flexibility index (Phi) is 3.23. The molecule has 3 atom stereocenters. The van der Waals surface area contributed by atoms with E-state index in [-0.39, 0.29) is 25.1 Å². The molecule has 114 valence electrons. The second-order valence-electron chi connectivity index (χ2n) is 6.03. The van der Waals surface area contributed by atoms with Gasteiger partial charge in [-0.15, -0.1) is 0 Å². The van der Waals surface area contributed by atoms with Gasteiger partial charge in [0.2, 0.25) is 5.78 Å². The Morgan fingerprint density at radius 1 is 1.15 bits per heavy atom. The molecule has 20 heavy (non-hydrogen) atoms. The molecule has 0 amide bonds. The van der Waals surface area contributed by atoms with Crippen molar-refractivity contribution in [3.8, 4) is 0 Å². The van der Waals surface area contributed by atoms with Gasteiger partial charge < -0.3 is 23.7 Å². The molecular formula is C14H22O6. The largest absolute Gasteiger partial charge is 0.344 e. The number of carbonyl (C=O) groups excluding carboxylic acids is 1. The first kappa shape index (κ1) is 14.4. The molecule has 6 nitrogen and oxygen atoms in total. The lowest BCUT2D eigenvalue weighted by Crippen LogP contribution is -2.58. The van der Waals surface area contributed by atoms with Crippen molar-refractivity contribution in [2.24, 2.45) is 0 Å². The second-order valence-corrected chi connectivity index (χ2v) is 6.03. The number of hydrogen-bond acceptors (Lipinski definition) is 6. The Hall–Kier alpha value is -0.530. The molecule has 0 aromatic heterocycles. The Morgan fingerprint density at radius 2 is 1.85 bits per heavy atom. The average molecular weight is 286 g/mol. The van der Waals surface area contributed by atoms with Gasteiger partial charge in [-0.3, -0.25) is 4.79 Å². The molecule has 6 heteroatoms. The number of hydrogen-bond donors (Lipinski definition) is 0. The maximum absolute atomic E-state index is 12.7. The normalized spacial score (nSPS) is 42.1. The first-order chi connectivity index (χ1) is 9.35. The van der Waals surface area contributed by atoms with Crippen LogP contribution in [0.2, 0.25) is 0 Å². The zero-order valence-corrected chi connectivity index (χ0v) is 12.4. The predicted octanol–water partition coefficient (Wildman–Crippen LogP) is 1.37. The van der Waals surface area contributed by atoms with Crippen LogP contribution in [0, 0.1) is 0 Å². The van der Waals surface area contributed by atoms with E-state index in [2.05, 4.69) is 0 Å². The van der Waals surface area contributed by atoms with Crippen LogP contribution in [0.25, 0.3) is 0 Å². The summed E-state index contributed by atoms with van der Waals surface area (Å²) in [6.07, 6.45) is 0.390. The van der Waals surface area contributed by atoms with E-state index in [9.17, 15) is 4.79 Å². The minimum atomic E-state index is -1.34. The Bertz CT molecular complexity index is 416. The van der Waals surface area contributed by atoms with E-state index in [1.807, 2.05) is 13.8 Å². The van der Waals surface area contributed by atoms with E-state index in [4.69, 9.17) is 23.7 Å². The summed E-state index contributed by atoms with van der Waals surface area (Å²) in [5, 5.41) is 0. The summed E-state index contributed by atoms with van der Waals surface area (Å²) >= 11 is 0. The topological polar surface area (TPSA) is 63.2 Å². The van der Waals surface area contributed by atoms with Crippen LogP contribution in [0.3, 0.4) is 0 Å². The average Bonchev–Trinajstić information content (AvgIpc) is 2.95. The molecule has 0 radical (unpaired) electrons. The van der Waals surface area contributed by atoms with Crippen LogP contribution in [0.4, 0.5) is 0 Å². The summed E-state index contributed by atoms with van der Waals surface area (Å²) in [6.45, 7) is 7.87. The van der Waals surface area contributed by atoms with E-state index in [1.165, 1.54) is 0 Å². The molecule has 1 spiro atoms. The van der Waals surface area contributed by atoms with Crippen LogP contribution >= 0.6 is 0 Å². The van der Waals surface area contributed by atoms with E-state index >= 15 is 0 Å². The van der Waals surface area contributed by atoms with Crippen molar-refractivity contribution in [1.29, 1.82) is 0 Å². The Labute approximate surface area is 118 Å². The molecule has 3 rings (SSSR count). The lowest BCUT2D eigenvalue weighted by atomic mass is 9.99. The van der Waals surface area contributed by atoms with E-state index in [0.29, 0.717) is 12.8 Å². The van der Waals surface area contributed by atoms with Gasteiger partial charge in [-0.05, 0) is 26.7 Å². The predicted molar refractivity (Wildman–Crippen MR) is 67.9 cm³/mol. The summed E-state index contributed by atoms with van der Waals surface area (Å²) in [4.78, 5) is 12.7.